The van der Waals surface area contributed by atoms with Crippen LogP contribution in [0.2, 0.25) is 0 Å². The maximum Gasteiger partial charge on any atom is 0.109 e. The number of fused-ring (bicyclic) bond motifs is 1. The summed E-state index contributed by atoms with van der Waals surface area (Å²) in [7, 11) is 0. The third kappa shape index (κ3) is 3.50. The fraction of sp³-hybridized carbons (Fsp3) is 0.227. The summed E-state index contributed by atoms with van der Waals surface area (Å²) in [6, 6.07) is 14.8. The monoisotopic (exact) mass is 314 g/mol. The molecule has 120 valence electrons. The van der Waals surface area contributed by atoms with Crippen molar-refractivity contribution in [2.45, 2.75) is 20.8 Å². The molecule has 0 aliphatic carbocycles. The van der Waals surface area contributed by atoms with Gasteiger partial charge < -0.3 is 4.90 Å². The van der Waals surface area contributed by atoms with Gasteiger partial charge >= 0.3 is 0 Å². The Morgan fingerprint density at radius 3 is 2.38 bits per heavy atom. The van der Waals surface area contributed by atoms with Gasteiger partial charge in [-0.25, -0.2) is 0 Å². The lowest BCUT2D eigenvalue weighted by Gasteiger charge is -2.21. The summed E-state index contributed by atoms with van der Waals surface area (Å²) in [6.07, 6.45) is 9.27. The second-order valence-electron chi connectivity index (χ2n) is 5.46. The number of nitriles is 1. The van der Waals surface area contributed by atoms with Gasteiger partial charge in [0.25, 0.3) is 0 Å². The second kappa shape index (κ2) is 8.04. The van der Waals surface area contributed by atoms with Crippen molar-refractivity contribution >= 4 is 22.0 Å². The molecule has 0 fully saturated rings. The van der Waals surface area contributed by atoms with E-state index in [0.717, 1.165) is 29.6 Å². The number of allylic oxidation sites excluding steroid dienone is 4. The third-order valence-electron chi connectivity index (χ3n) is 4.12. The van der Waals surface area contributed by atoms with Crippen LogP contribution in [-0.4, -0.2) is 13.1 Å². The van der Waals surface area contributed by atoms with E-state index >= 15 is 0 Å². The standard InChI is InChI=1S/C22H22N2/c1-5-9-22(17(6-2)16-23)20-11-10-19-15-21(24(7-3)8-4)13-12-18(19)14-20/h2,5,9-15H,7-8H2,1,3-4H3/b9-5-,22-17-. The lowest BCUT2D eigenvalue weighted by molar-refractivity contribution is 0.867. The average molecular weight is 314 g/mol. The van der Waals surface area contributed by atoms with Crippen LogP contribution in [0.15, 0.2) is 54.1 Å². The summed E-state index contributed by atoms with van der Waals surface area (Å²) in [5, 5.41) is 11.6. The van der Waals surface area contributed by atoms with Crippen molar-refractivity contribution < 1.29 is 0 Å². The van der Waals surface area contributed by atoms with E-state index in [1.807, 2.05) is 25.1 Å². The molecule has 0 aromatic heterocycles. The normalized spacial score (nSPS) is 11.9. The molecule has 2 nitrogen and oxygen atoms in total. The molecule has 0 radical (unpaired) electrons. The number of hydrogen-bond acceptors (Lipinski definition) is 2. The van der Waals surface area contributed by atoms with Crippen LogP contribution in [0.1, 0.15) is 26.3 Å². The minimum Gasteiger partial charge on any atom is -0.372 e. The Bertz CT molecular complexity index is 853. The topological polar surface area (TPSA) is 27.0 Å². The van der Waals surface area contributed by atoms with E-state index in [-0.39, 0.29) is 0 Å². The Morgan fingerprint density at radius 1 is 1.12 bits per heavy atom. The van der Waals surface area contributed by atoms with E-state index in [1.165, 1.54) is 11.1 Å². The van der Waals surface area contributed by atoms with Gasteiger partial charge in [-0.3, -0.25) is 0 Å². The highest BCUT2D eigenvalue weighted by atomic mass is 15.1. The molecule has 0 N–H and O–H groups in total. The van der Waals surface area contributed by atoms with Crippen molar-refractivity contribution in [3.05, 3.63) is 59.7 Å². The summed E-state index contributed by atoms with van der Waals surface area (Å²) in [5.74, 6) is 2.48. The number of hydrogen-bond donors (Lipinski definition) is 0. The lowest BCUT2D eigenvalue weighted by Crippen LogP contribution is -2.21. The first-order valence-corrected chi connectivity index (χ1v) is 8.21. The first-order valence-electron chi connectivity index (χ1n) is 8.21. The zero-order chi connectivity index (χ0) is 17.5. The summed E-state index contributed by atoms with van der Waals surface area (Å²) in [5.41, 5.74) is 3.33. The van der Waals surface area contributed by atoms with Gasteiger partial charge in [0.2, 0.25) is 0 Å². The van der Waals surface area contributed by atoms with E-state index in [1.54, 1.807) is 0 Å². The van der Waals surface area contributed by atoms with E-state index < -0.39 is 0 Å². The first kappa shape index (κ1) is 17.4. The molecule has 0 unspecified atom stereocenters. The Labute approximate surface area is 144 Å². The molecule has 0 saturated carbocycles. The SMILES string of the molecule is C#C/C(C#N)=C(\C=C/C)c1ccc2cc(N(CC)CC)ccc2c1. The quantitative estimate of drug-likeness (QED) is 0.432. The van der Waals surface area contributed by atoms with Gasteiger partial charge in [-0.2, -0.15) is 5.26 Å². The van der Waals surface area contributed by atoms with Crippen LogP contribution >= 0.6 is 0 Å². The van der Waals surface area contributed by atoms with Gasteiger partial charge in [0.15, 0.2) is 0 Å². The van der Waals surface area contributed by atoms with Crippen molar-refractivity contribution in [1.82, 2.24) is 0 Å². The highest BCUT2D eigenvalue weighted by Crippen LogP contribution is 2.27. The molecule has 0 heterocycles. The van der Waals surface area contributed by atoms with Gasteiger partial charge in [0.05, 0.1) is 0 Å². The van der Waals surface area contributed by atoms with Crippen LogP contribution in [-0.2, 0) is 0 Å². The van der Waals surface area contributed by atoms with Crippen molar-refractivity contribution in [3.8, 4) is 18.4 Å². The Kier molecular flexibility index (Phi) is 5.83. The Balaban J connectivity index is 2.57. The number of nitrogens with zero attached hydrogens (tertiary/aromatic N) is 2. The average Bonchev–Trinajstić information content (AvgIpc) is 2.62. The molecule has 2 rings (SSSR count). The smallest absolute Gasteiger partial charge is 0.109 e. The van der Waals surface area contributed by atoms with E-state index in [9.17, 15) is 5.26 Å². The summed E-state index contributed by atoms with van der Waals surface area (Å²) in [6.45, 7) is 8.22. The minimum absolute atomic E-state index is 0.354. The predicted octanol–water partition coefficient (Wildman–Crippen LogP) is 5.17. The Morgan fingerprint density at radius 2 is 1.79 bits per heavy atom. The number of terminal acetylenes is 1. The van der Waals surface area contributed by atoms with Crippen LogP contribution < -0.4 is 4.90 Å². The summed E-state index contributed by atoms with van der Waals surface area (Å²) in [4.78, 5) is 2.32. The van der Waals surface area contributed by atoms with Gasteiger partial charge in [0.1, 0.15) is 11.6 Å². The molecule has 0 atom stereocenters. The molecule has 2 aromatic carbocycles. The number of anilines is 1. The lowest BCUT2D eigenvalue weighted by atomic mass is 9.97. The zero-order valence-corrected chi connectivity index (χ0v) is 14.5. The second-order valence-corrected chi connectivity index (χ2v) is 5.46. The molecule has 0 bridgehead atoms. The molecule has 2 aromatic rings. The van der Waals surface area contributed by atoms with E-state index in [2.05, 4.69) is 61.1 Å². The summed E-state index contributed by atoms with van der Waals surface area (Å²) < 4.78 is 0. The largest absolute Gasteiger partial charge is 0.372 e. The zero-order valence-electron chi connectivity index (χ0n) is 14.5. The third-order valence-corrected chi connectivity index (χ3v) is 4.12. The Hall–Kier alpha value is -2.97. The fourth-order valence-electron chi connectivity index (χ4n) is 2.85. The van der Waals surface area contributed by atoms with Gasteiger partial charge in [-0.15, -0.1) is 6.42 Å². The molecule has 0 amide bonds. The van der Waals surface area contributed by atoms with Crippen LogP contribution in [0.5, 0.6) is 0 Å². The molecule has 0 saturated heterocycles. The number of benzene rings is 2. The molecular formula is C22H22N2. The van der Waals surface area contributed by atoms with Gasteiger partial charge in [0, 0.05) is 24.4 Å². The van der Waals surface area contributed by atoms with Gasteiger partial charge in [-0.05, 0) is 55.3 Å². The van der Waals surface area contributed by atoms with Crippen LogP contribution in [0.4, 0.5) is 5.69 Å². The molecular weight excluding hydrogens is 292 g/mol. The fourth-order valence-corrected chi connectivity index (χ4v) is 2.85. The van der Waals surface area contributed by atoms with Crippen LogP contribution in [0.25, 0.3) is 16.3 Å². The highest BCUT2D eigenvalue weighted by molar-refractivity contribution is 5.92. The van der Waals surface area contributed by atoms with E-state index in [0.29, 0.717) is 5.57 Å². The van der Waals surface area contributed by atoms with Crippen molar-refractivity contribution in [1.29, 1.82) is 5.26 Å². The van der Waals surface area contributed by atoms with Gasteiger partial charge in [-0.1, -0.05) is 36.3 Å². The van der Waals surface area contributed by atoms with Crippen molar-refractivity contribution in [2.24, 2.45) is 0 Å². The maximum atomic E-state index is 9.26. The molecule has 0 aliphatic rings. The molecule has 0 spiro atoms. The molecule has 2 heteroatoms. The predicted molar refractivity (Wildman–Crippen MR) is 104 cm³/mol. The van der Waals surface area contributed by atoms with Crippen LogP contribution in [0.3, 0.4) is 0 Å². The molecule has 24 heavy (non-hydrogen) atoms. The minimum atomic E-state index is 0.354. The van der Waals surface area contributed by atoms with Crippen molar-refractivity contribution in [3.63, 3.8) is 0 Å². The molecule has 0 aliphatic heterocycles. The summed E-state index contributed by atoms with van der Waals surface area (Å²) >= 11 is 0. The van der Waals surface area contributed by atoms with Crippen LogP contribution in [0, 0.1) is 23.7 Å². The first-order chi connectivity index (χ1) is 11.7. The van der Waals surface area contributed by atoms with Crippen molar-refractivity contribution in [2.75, 3.05) is 18.0 Å². The highest BCUT2D eigenvalue weighted by Gasteiger charge is 2.07. The maximum absolute atomic E-state index is 9.26. The number of rotatable bonds is 5. The van der Waals surface area contributed by atoms with E-state index in [4.69, 9.17) is 6.42 Å².